The number of rotatable bonds is 5. The topological polar surface area (TPSA) is 74.9 Å². The van der Waals surface area contributed by atoms with Crippen molar-refractivity contribution in [1.29, 1.82) is 0 Å². The number of alkyl halides is 3. The molecule has 2 rings (SSSR count). The molecule has 10 heteroatoms. The summed E-state index contributed by atoms with van der Waals surface area (Å²) < 4.78 is 38.7. The quantitative estimate of drug-likeness (QED) is 0.903. The molecule has 0 aliphatic carbocycles. The van der Waals surface area contributed by atoms with E-state index in [9.17, 15) is 22.8 Å². The van der Waals surface area contributed by atoms with Crippen LogP contribution in [-0.4, -0.2) is 50.5 Å². The third-order valence-electron chi connectivity index (χ3n) is 2.52. The van der Waals surface area contributed by atoms with Crippen LogP contribution >= 0.6 is 11.3 Å². The molecule has 0 atom stereocenters. The first-order valence-electron chi connectivity index (χ1n) is 5.72. The summed E-state index contributed by atoms with van der Waals surface area (Å²) >= 11 is 1.32. The van der Waals surface area contributed by atoms with E-state index in [1.165, 1.54) is 17.5 Å². The van der Waals surface area contributed by atoms with Crippen LogP contribution in [-0.2, 0) is 16.0 Å². The minimum absolute atomic E-state index is 0.260. The van der Waals surface area contributed by atoms with Gasteiger partial charge in [-0.3, -0.25) is 14.0 Å². The molecule has 0 aromatic carbocycles. The highest BCUT2D eigenvalue weighted by Crippen LogP contribution is 2.18. The van der Waals surface area contributed by atoms with Crippen LogP contribution in [0.15, 0.2) is 17.8 Å². The average molecular weight is 321 g/mol. The van der Waals surface area contributed by atoms with Crippen LogP contribution in [0.4, 0.5) is 13.2 Å². The third kappa shape index (κ3) is 4.18. The Morgan fingerprint density at radius 2 is 2.14 bits per heavy atom. The van der Waals surface area contributed by atoms with Crippen LogP contribution in [0.25, 0.3) is 4.96 Å². The van der Waals surface area contributed by atoms with Crippen molar-refractivity contribution < 1.29 is 27.9 Å². The molecule has 0 saturated heterocycles. The summed E-state index contributed by atoms with van der Waals surface area (Å²) in [5.74, 6) is -2.43. The van der Waals surface area contributed by atoms with Crippen molar-refractivity contribution in [3.05, 3.63) is 23.5 Å². The fourth-order valence-corrected chi connectivity index (χ4v) is 2.46. The van der Waals surface area contributed by atoms with E-state index in [1.807, 2.05) is 0 Å². The van der Waals surface area contributed by atoms with Gasteiger partial charge in [0.05, 0.1) is 12.1 Å². The summed E-state index contributed by atoms with van der Waals surface area (Å²) in [6, 6.07) is 0. The van der Waals surface area contributed by atoms with Gasteiger partial charge in [0.2, 0.25) is 5.91 Å². The zero-order chi connectivity index (χ0) is 15.6. The van der Waals surface area contributed by atoms with Gasteiger partial charge in [0.1, 0.15) is 13.1 Å². The second-order valence-electron chi connectivity index (χ2n) is 4.26. The Bertz CT molecular complexity index is 636. The highest BCUT2D eigenvalue weighted by molar-refractivity contribution is 7.15. The zero-order valence-electron chi connectivity index (χ0n) is 10.5. The molecule has 6 nitrogen and oxygen atoms in total. The number of carbonyl (C=O) groups is 2. The van der Waals surface area contributed by atoms with Gasteiger partial charge in [-0.15, -0.1) is 11.3 Å². The lowest BCUT2D eigenvalue weighted by molar-refractivity contribution is -0.165. The van der Waals surface area contributed by atoms with E-state index in [0.29, 0.717) is 10.7 Å². The van der Waals surface area contributed by atoms with Gasteiger partial charge in [0, 0.05) is 17.8 Å². The Hall–Kier alpha value is -2.10. The molecule has 0 unspecified atom stereocenters. The summed E-state index contributed by atoms with van der Waals surface area (Å²) in [5, 5.41) is 10.4. The lowest BCUT2D eigenvalue weighted by Crippen LogP contribution is -2.42. The number of carbonyl (C=O) groups excluding carboxylic acids is 1. The molecule has 0 saturated carbocycles. The van der Waals surface area contributed by atoms with Gasteiger partial charge in [0.25, 0.3) is 0 Å². The largest absolute Gasteiger partial charge is 0.480 e. The first kappa shape index (κ1) is 15.3. The minimum Gasteiger partial charge on any atom is -0.480 e. The van der Waals surface area contributed by atoms with Crippen molar-refractivity contribution in [2.75, 3.05) is 13.1 Å². The summed E-state index contributed by atoms with van der Waals surface area (Å²) in [4.78, 5) is 27.4. The maximum atomic E-state index is 12.4. The van der Waals surface area contributed by atoms with Crippen LogP contribution in [0.1, 0.15) is 5.69 Å². The molecule has 0 aliphatic rings. The molecule has 0 fully saturated rings. The van der Waals surface area contributed by atoms with Crippen molar-refractivity contribution >= 4 is 28.2 Å². The molecule has 2 heterocycles. The van der Waals surface area contributed by atoms with Gasteiger partial charge in [0.15, 0.2) is 4.96 Å². The molecule has 114 valence electrons. The van der Waals surface area contributed by atoms with Crippen molar-refractivity contribution in [3.8, 4) is 0 Å². The van der Waals surface area contributed by atoms with Crippen molar-refractivity contribution in [1.82, 2.24) is 14.3 Å². The summed E-state index contributed by atoms with van der Waals surface area (Å²) in [5.41, 5.74) is 0.296. The SMILES string of the molecule is O=C(O)CN(CC(F)(F)F)C(=O)Cc1cn2ccsc2n1. The number of aromatic nitrogens is 2. The maximum absolute atomic E-state index is 12.4. The van der Waals surface area contributed by atoms with Gasteiger partial charge < -0.3 is 10.0 Å². The molecule has 0 spiro atoms. The van der Waals surface area contributed by atoms with E-state index in [-0.39, 0.29) is 11.3 Å². The molecule has 2 aromatic rings. The number of nitrogens with zero attached hydrogens (tertiary/aromatic N) is 3. The smallest absolute Gasteiger partial charge is 0.406 e. The number of hydrogen-bond donors (Lipinski definition) is 1. The number of halogens is 3. The number of carboxylic acids is 1. The molecule has 2 aromatic heterocycles. The average Bonchev–Trinajstić information content (AvgIpc) is 2.85. The van der Waals surface area contributed by atoms with Gasteiger partial charge in [-0.2, -0.15) is 13.2 Å². The summed E-state index contributed by atoms with van der Waals surface area (Å²) in [6.45, 7) is -2.60. The van der Waals surface area contributed by atoms with Crippen LogP contribution < -0.4 is 0 Å². The Labute approximate surface area is 120 Å². The Morgan fingerprint density at radius 3 is 2.71 bits per heavy atom. The first-order valence-corrected chi connectivity index (χ1v) is 6.60. The van der Waals surface area contributed by atoms with Gasteiger partial charge in [-0.05, 0) is 0 Å². The second-order valence-corrected chi connectivity index (χ2v) is 5.13. The van der Waals surface area contributed by atoms with E-state index in [0.717, 1.165) is 0 Å². The van der Waals surface area contributed by atoms with E-state index >= 15 is 0 Å². The van der Waals surface area contributed by atoms with Gasteiger partial charge in [-0.1, -0.05) is 0 Å². The van der Waals surface area contributed by atoms with Crippen molar-refractivity contribution in [2.45, 2.75) is 12.6 Å². The minimum atomic E-state index is -4.65. The molecule has 1 N–H and O–H groups in total. The maximum Gasteiger partial charge on any atom is 0.406 e. The molecule has 0 bridgehead atoms. The molecule has 0 radical (unpaired) electrons. The van der Waals surface area contributed by atoms with Gasteiger partial charge in [-0.25, -0.2) is 4.98 Å². The Balaban J connectivity index is 2.09. The first-order chi connectivity index (χ1) is 9.74. The zero-order valence-corrected chi connectivity index (χ0v) is 11.3. The second kappa shape index (κ2) is 5.72. The third-order valence-corrected chi connectivity index (χ3v) is 3.30. The lowest BCUT2D eigenvalue weighted by Gasteiger charge is -2.21. The molecule has 0 aliphatic heterocycles. The van der Waals surface area contributed by atoms with Crippen LogP contribution in [0.5, 0.6) is 0 Å². The number of amides is 1. The van der Waals surface area contributed by atoms with Crippen LogP contribution in [0, 0.1) is 0 Å². The van der Waals surface area contributed by atoms with Crippen LogP contribution in [0.2, 0.25) is 0 Å². The molecular formula is C11H10F3N3O3S. The number of aliphatic carboxylic acids is 1. The standard InChI is InChI=1S/C11H10F3N3O3S/c12-11(13,14)6-17(5-9(19)20)8(18)3-7-4-16-1-2-21-10(16)15-7/h1-2,4H,3,5-6H2,(H,19,20). The van der Waals surface area contributed by atoms with Crippen molar-refractivity contribution in [2.24, 2.45) is 0 Å². The fourth-order valence-electron chi connectivity index (χ4n) is 1.74. The van der Waals surface area contributed by atoms with E-state index in [1.54, 1.807) is 16.0 Å². The summed E-state index contributed by atoms with van der Waals surface area (Å²) in [7, 11) is 0. The lowest BCUT2D eigenvalue weighted by atomic mass is 10.3. The molecule has 1 amide bonds. The van der Waals surface area contributed by atoms with Gasteiger partial charge >= 0.3 is 12.1 Å². The number of imidazole rings is 1. The molecule has 21 heavy (non-hydrogen) atoms. The monoisotopic (exact) mass is 321 g/mol. The highest BCUT2D eigenvalue weighted by atomic mass is 32.1. The fraction of sp³-hybridized carbons (Fsp3) is 0.364. The predicted octanol–water partition coefficient (Wildman–Crippen LogP) is 1.41. The Kier molecular flexibility index (Phi) is 4.16. The summed E-state index contributed by atoms with van der Waals surface area (Å²) in [6.07, 6.45) is -1.81. The number of hydrogen-bond acceptors (Lipinski definition) is 4. The number of thiazole rings is 1. The number of carboxylic acid groups (broad SMARTS) is 1. The van der Waals surface area contributed by atoms with E-state index < -0.39 is 31.1 Å². The highest BCUT2D eigenvalue weighted by Gasteiger charge is 2.34. The van der Waals surface area contributed by atoms with E-state index in [2.05, 4.69) is 4.98 Å². The van der Waals surface area contributed by atoms with Crippen LogP contribution in [0.3, 0.4) is 0 Å². The normalized spacial score (nSPS) is 11.8. The predicted molar refractivity (Wildman–Crippen MR) is 67.0 cm³/mol. The van der Waals surface area contributed by atoms with E-state index in [4.69, 9.17) is 5.11 Å². The number of fused-ring (bicyclic) bond motifs is 1. The molecular weight excluding hydrogens is 311 g/mol. The Morgan fingerprint density at radius 1 is 1.43 bits per heavy atom. The van der Waals surface area contributed by atoms with Crippen molar-refractivity contribution in [3.63, 3.8) is 0 Å².